The van der Waals surface area contributed by atoms with E-state index in [1.165, 1.54) is 12.1 Å². The van der Waals surface area contributed by atoms with Gasteiger partial charge in [0, 0.05) is 17.3 Å². The number of halogens is 2. The molecule has 1 aromatic carbocycles. The van der Waals surface area contributed by atoms with Gasteiger partial charge in [0.05, 0.1) is 18.6 Å². The lowest BCUT2D eigenvalue weighted by atomic mass is 10.1. The summed E-state index contributed by atoms with van der Waals surface area (Å²) in [7, 11) is 0. The van der Waals surface area contributed by atoms with E-state index in [0.29, 0.717) is 5.69 Å². The van der Waals surface area contributed by atoms with Gasteiger partial charge in [0.1, 0.15) is 11.6 Å². The molecule has 4 heteroatoms. The van der Waals surface area contributed by atoms with Crippen LogP contribution in [-0.4, -0.2) is 0 Å². The Balaban J connectivity index is 2.15. The number of benzene rings is 1. The second kappa shape index (κ2) is 4.35. The smallest absolute Gasteiger partial charge is 0.128 e. The van der Waals surface area contributed by atoms with Crippen molar-refractivity contribution in [2.75, 3.05) is 5.32 Å². The van der Waals surface area contributed by atoms with Gasteiger partial charge in [0.2, 0.25) is 0 Å². The highest BCUT2D eigenvalue weighted by atomic mass is 19.1. The molecular weight excluding hydrogens is 212 g/mol. The molecule has 0 bridgehead atoms. The van der Waals surface area contributed by atoms with E-state index < -0.39 is 11.6 Å². The van der Waals surface area contributed by atoms with E-state index in [-0.39, 0.29) is 6.04 Å². The van der Waals surface area contributed by atoms with Crippen LogP contribution < -0.4 is 5.32 Å². The van der Waals surface area contributed by atoms with Crippen molar-refractivity contribution in [3.8, 4) is 0 Å². The van der Waals surface area contributed by atoms with Crippen LogP contribution in [-0.2, 0) is 0 Å². The van der Waals surface area contributed by atoms with Crippen LogP contribution in [0.25, 0.3) is 0 Å². The maximum Gasteiger partial charge on any atom is 0.128 e. The standard InChI is InChI=1S/C12H11F2NO/c1-8(9-2-3-16-7-9)15-12-5-10(13)4-11(14)6-12/h2-8,15H,1H3. The summed E-state index contributed by atoms with van der Waals surface area (Å²) in [5.74, 6) is -1.19. The van der Waals surface area contributed by atoms with E-state index >= 15 is 0 Å². The van der Waals surface area contributed by atoms with Crippen LogP contribution in [0.15, 0.2) is 41.2 Å². The molecule has 0 aliphatic carbocycles. The molecule has 0 spiro atoms. The first-order valence-corrected chi connectivity index (χ1v) is 4.90. The molecule has 0 fully saturated rings. The highest BCUT2D eigenvalue weighted by Crippen LogP contribution is 2.20. The SMILES string of the molecule is CC(Nc1cc(F)cc(F)c1)c1ccoc1. The van der Waals surface area contributed by atoms with Gasteiger partial charge >= 0.3 is 0 Å². The average molecular weight is 223 g/mol. The lowest BCUT2D eigenvalue weighted by Crippen LogP contribution is -2.05. The molecule has 1 unspecified atom stereocenters. The van der Waals surface area contributed by atoms with Gasteiger partial charge in [0.15, 0.2) is 0 Å². The van der Waals surface area contributed by atoms with Gasteiger partial charge in [-0.2, -0.15) is 0 Å². The van der Waals surface area contributed by atoms with Gasteiger partial charge in [0.25, 0.3) is 0 Å². The van der Waals surface area contributed by atoms with Gasteiger partial charge in [-0.15, -0.1) is 0 Å². The van der Waals surface area contributed by atoms with Crippen molar-refractivity contribution >= 4 is 5.69 Å². The van der Waals surface area contributed by atoms with Crippen molar-refractivity contribution in [3.05, 3.63) is 54.0 Å². The molecule has 1 atom stereocenters. The van der Waals surface area contributed by atoms with Crippen LogP contribution in [0, 0.1) is 11.6 Å². The van der Waals surface area contributed by atoms with Crippen LogP contribution >= 0.6 is 0 Å². The van der Waals surface area contributed by atoms with E-state index in [0.717, 1.165) is 11.6 Å². The fourth-order valence-corrected chi connectivity index (χ4v) is 1.49. The zero-order chi connectivity index (χ0) is 11.5. The molecule has 16 heavy (non-hydrogen) atoms. The monoisotopic (exact) mass is 223 g/mol. The first-order chi connectivity index (χ1) is 7.65. The van der Waals surface area contributed by atoms with Crippen molar-refractivity contribution in [2.45, 2.75) is 13.0 Å². The highest BCUT2D eigenvalue weighted by molar-refractivity contribution is 5.45. The molecule has 1 heterocycles. The lowest BCUT2D eigenvalue weighted by molar-refractivity contribution is 0.562. The Morgan fingerprint density at radius 1 is 1.19 bits per heavy atom. The van der Waals surface area contributed by atoms with Crippen LogP contribution in [0.2, 0.25) is 0 Å². The fourth-order valence-electron chi connectivity index (χ4n) is 1.49. The topological polar surface area (TPSA) is 25.2 Å². The largest absolute Gasteiger partial charge is 0.472 e. The van der Waals surface area contributed by atoms with E-state index in [4.69, 9.17) is 4.42 Å². The van der Waals surface area contributed by atoms with E-state index in [9.17, 15) is 8.78 Å². The van der Waals surface area contributed by atoms with Crippen molar-refractivity contribution in [1.29, 1.82) is 0 Å². The summed E-state index contributed by atoms with van der Waals surface area (Å²) in [5.41, 5.74) is 1.33. The second-order valence-corrected chi connectivity index (χ2v) is 3.58. The molecule has 2 aromatic rings. The minimum atomic E-state index is -0.595. The molecule has 0 saturated heterocycles. The maximum atomic E-state index is 12.9. The number of rotatable bonds is 3. The molecule has 84 valence electrons. The van der Waals surface area contributed by atoms with E-state index in [2.05, 4.69) is 5.32 Å². The number of nitrogens with one attached hydrogen (secondary N) is 1. The van der Waals surface area contributed by atoms with Crippen molar-refractivity contribution in [1.82, 2.24) is 0 Å². The van der Waals surface area contributed by atoms with Crippen molar-refractivity contribution < 1.29 is 13.2 Å². The van der Waals surface area contributed by atoms with Gasteiger partial charge in [-0.25, -0.2) is 8.78 Å². The molecule has 0 saturated carbocycles. The summed E-state index contributed by atoms with van der Waals surface area (Å²) in [6, 6.07) is 5.07. The van der Waals surface area contributed by atoms with Gasteiger partial charge < -0.3 is 9.73 Å². The first-order valence-electron chi connectivity index (χ1n) is 4.90. The molecule has 2 rings (SSSR count). The number of hydrogen-bond donors (Lipinski definition) is 1. The minimum Gasteiger partial charge on any atom is -0.472 e. The molecule has 1 aromatic heterocycles. The zero-order valence-electron chi connectivity index (χ0n) is 8.71. The van der Waals surface area contributed by atoms with Crippen LogP contribution in [0.3, 0.4) is 0 Å². The van der Waals surface area contributed by atoms with Crippen molar-refractivity contribution in [3.63, 3.8) is 0 Å². The molecule has 2 nitrogen and oxygen atoms in total. The van der Waals surface area contributed by atoms with Gasteiger partial charge in [-0.05, 0) is 25.1 Å². The zero-order valence-corrected chi connectivity index (χ0v) is 8.71. The second-order valence-electron chi connectivity index (χ2n) is 3.58. The number of hydrogen-bond acceptors (Lipinski definition) is 2. The summed E-state index contributed by atoms with van der Waals surface area (Å²) in [6.45, 7) is 1.88. The Bertz CT molecular complexity index is 448. The summed E-state index contributed by atoms with van der Waals surface area (Å²) < 4.78 is 30.8. The first kappa shape index (κ1) is 10.7. The van der Waals surface area contributed by atoms with Gasteiger partial charge in [-0.1, -0.05) is 0 Å². The van der Waals surface area contributed by atoms with E-state index in [1.807, 2.05) is 6.92 Å². The van der Waals surface area contributed by atoms with Crippen molar-refractivity contribution in [2.24, 2.45) is 0 Å². The predicted molar refractivity (Wildman–Crippen MR) is 57.1 cm³/mol. The summed E-state index contributed by atoms with van der Waals surface area (Å²) in [5, 5.41) is 2.99. The molecule has 0 amide bonds. The maximum absolute atomic E-state index is 12.9. The third-order valence-electron chi connectivity index (χ3n) is 2.29. The van der Waals surface area contributed by atoms with Crippen LogP contribution in [0.5, 0.6) is 0 Å². The number of furan rings is 1. The van der Waals surface area contributed by atoms with E-state index in [1.54, 1.807) is 18.6 Å². The quantitative estimate of drug-likeness (QED) is 0.857. The normalized spacial score (nSPS) is 12.4. The number of anilines is 1. The third kappa shape index (κ3) is 2.39. The third-order valence-corrected chi connectivity index (χ3v) is 2.29. The summed E-state index contributed by atoms with van der Waals surface area (Å²) >= 11 is 0. The Kier molecular flexibility index (Phi) is 2.90. The Morgan fingerprint density at radius 2 is 1.88 bits per heavy atom. The average Bonchev–Trinajstić information content (AvgIpc) is 2.68. The molecule has 1 N–H and O–H groups in total. The predicted octanol–water partition coefficient (Wildman–Crippen LogP) is 3.73. The van der Waals surface area contributed by atoms with Crippen LogP contribution in [0.1, 0.15) is 18.5 Å². The summed E-state index contributed by atoms with van der Waals surface area (Å²) in [4.78, 5) is 0. The Hall–Kier alpha value is -1.84. The highest BCUT2D eigenvalue weighted by Gasteiger charge is 2.07. The molecule has 0 aliphatic heterocycles. The molecule has 0 aliphatic rings. The summed E-state index contributed by atoms with van der Waals surface area (Å²) in [6.07, 6.45) is 3.15. The minimum absolute atomic E-state index is 0.0695. The lowest BCUT2D eigenvalue weighted by Gasteiger charge is -2.13. The molecule has 0 radical (unpaired) electrons. The molecular formula is C12H11F2NO. The Labute approximate surface area is 91.9 Å². The van der Waals surface area contributed by atoms with Crippen LogP contribution in [0.4, 0.5) is 14.5 Å². The van der Waals surface area contributed by atoms with Gasteiger partial charge in [-0.3, -0.25) is 0 Å². The fraction of sp³-hybridized carbons (Fsp3) is 0.167. The Morgan fingerprint density at radius 3 is 2.44 bits per heavy atom.